The Labute approximate surface area is 157 Å². The molecule has 0 saturated heterocycles. The third-order valence-electron chi connectivity index (χ3n) is 4.02. The molecule has 0 atom stereocenters. The molecule has 0 fully saturated rings. The number of benzene rings is 1. The summed E-state index contributed by atoms with van der Waals surface area (Å²) in [6.07, 6.45) is -0.403. The number of carbonyl (C=O) groups excluding carboxylic acids is 1. The predicted octanol–water partition coefficient (Wildman–Crippen LogP) is 2.64. The van der Waals surface area contributed by atoms with Crippen LogP contribution in [0.1, 0.15) is 35.5 Å². The van der Waals surface area contributed by atoms with Crippen LogP contribution in [0.15, 0.2) is 21.7 Å². The van der Waals surface area contributed by atoms with E-state index in [1.807, 2.05) is 0 Å². The number of halogens is 2. The fraction of sp³-hybridized carbons (Fsp3) is 0.353. The first-order valence-corrected chi connectivity index (χ1v) is 9.37. The zero-order chi connectivity index (χ0) is 19.2. The summed E-state index contributed by atoms with van der Waals surface area (Å²) in [7, 11) is 1.53. The van der Waals surface area contributed by atoms with E-state index in [2.05, 4.69) is 0 Å². The second-order valence-corrected chi connectivity index (χ2v) is 7.53. The topological polar surface area (TPSA) is 70.3 Å². The van der Waals surface area contributed by atoms with Crippen LogP contribution >= 0.6 is 23.4 Å². The quantitative estimate of drug-likeness (QED) is 0.743. The lowest BCUT2D eigenvalue weighted by molar-refractivity contribution is 0.0378. The molecular weight excluding hydrogens is 383 g/mol. The number of hydrogen-bond donors (Lipinski definition) is 0. The highest BCUT2D eigenvalue weighted by molar-refractivity contribution is 7.98. The number of nitrogens with zero attached hydrogens (tertiary/aromatic N) is 2. The summed E-state index contributed by atoms with van der Waals surface area (Å²) >= 11 is 7.46. The lowest BCUT2D eigenvalue weighted by atomic mass is 10.1. The van der Waals surface area contributed by atoms with E-state index in [1.165, 1.54) is 23.4 Å². The fourth-order valence-electron chi connectivity index (χ4n) is 2.75. The van der Waals surface area contributed by atoms with Crippen LogP contribution in [0.3, 0.4) is 0 Å². The molecule has 2 heterocycles. The maximum absolute atomic E-state index is 14.5. The van der Waals surface area contributed by atoms with Gasteiger partial charge in [0.1, 0.15) is 5.82 Å². The van der Waals surface area contributed by atoms with Crippen LogP contribution in [0.25, 0.3) is 5.69 Å². The van der Waals surface area contributed by atoms with Crippen LogP contribution < -0.4 is 11.2 Å². The van der Waals surface area contributed by atoms with Gasteiger partial charge in [-0.2, -0.15) is 11.8 Å². The Morgan fingerprint density at radius 2 is 2.00 bits per heavy atom. The Morgan fingerprint density at radius 3 is 2.65 bits per heavy atom. The lowest BCUT2D eigenvalue weighted by Crippen LogP contribution is -2.41. The van der Waals surface area contributed by atoms with Crippen LogP contribution in [0.5, 0.6) is 0 Å². The van der Waals surface area contributed by atoms with Gasteiger partial charge in [0.15, 0.2) is 0 Å². The van der Waals surface area contributed by atoms with E-state index in [1.54, 1.807) is 13.8 Å². The second-order valence-electron chi connectivity index (χ2n) is 6.14. The standard InChI is InChI=1S/C17H16ClFN2O4S/c1-8(2)25-16(23)9-4-13(12(19)5-11(9)18)21-15(22)10-6-26-7-14(10)20(3)17(21)24/h4-5,8H,6-7H2,1-3H3. The molecule has 0 radical (unpaired) electrons. The van der Waals surface area contributed by atoms with Crippen molar-refractivity contribution in [1.29, 1.82) is 0 Å². The number of hydrogen-bond acceptors (Lipinski definition) is 5. The van der Waals surface area contributed by atoms with E-state index in [4.69, 9.17) is 16.3 Å². The Bertz CT molecular complexity index is 1030. The number of rotatable bonds is 3. The van der Waals surface area contributed by atoms with Crippen LogP contribution in [0.4, 0.5) is 4.39 Å². The van der Waals surface area contributed by atoms with Crippen molar-refractivity contribution < 1.29 is 13.9 Å². The van der Waals surface area contributed by atoms with Gasteiger partial charge < -0.3 is 4.74 Å². The first kappa shape index (κ1) is 18.7. The molecule has 0 saturated carbocycles. The minimum absolute atomic E-state index is 0.111. The summed E-state index contributed by atoms with van der Waals surface area (Å²) in [6, 6.07) is 1.99. The summed E-state index contributed by atoms with van der Waals surface area (Å²) in [6.45, 7) is 3.32. The van der Waals surface area contributed by atoms with Gasteiger partial charge in [-0.1, -0.05) is 11.6 Å². The molecule has 0 N–H and O–H groups in total. The van der Waals surface area contributed by atoms with Gasteiger partial charge in [-0.05, 0) is 26.0 Å². The van der Waals surface area contributed by atoms with Crippen molar-refractivity contribution in [3.05, 3.63) is 60.6 Å². The summed E-state index contributed by atoms with van der Waals surface area (Å²) < 4.78 is 21.7. The highest BCUT2D eigenvalue weighted by Crippen LogP contribution is 2.27. The van der Waals surface area contributed by atoms with Crippen LogP contribution in [0.2, 0.25) is 5.02 Å². The third-order valence-corrected chi connectivity index (χ3v) is 5.30. The monoisotopic (exact) mass is 398 g/mol. The van der Waals surface area contributed by atoms with Gasteiger partial charge in [0.25, 0.3) is 5.56 Å². The first-order valence-electron chi connectivity index (χ1n) is 7.84. The van der Waals surface area contributed by atoms with Crippen molar-refractivity contribution in [3.63, 3.8) is 0 Å². The number of fused-ring (bicyclic) bond motifs is 1. The molecule has 9 heteroatoms. The smallest absolute Gasteiger partial charge is 0.339 e. The molecule has 3 rings (SSSR count). The molecular formula is C17H16ClFN2O4S. The second kappa shape index (κ2) is 6.92. The van der Waals surface area contributed by atoms with Gasteiger partial charge in [0.05, 0.1) is 22.4 Å². The van der Waals surface area contributed by atoms with Gasteiger partial charge in [0.2, 0.25) is 0 Å². The van der Waals surface area contributed by atoms with Gasteiger partial charge in [-0.3, -0.25) is 9.36 Å². The average molecular weight is 399 g/mol. The molecule has 0 spiro atoms. The number of esters is 1. The van der Waals surface area contributed by atoms with Crippen molar-refractivity contribution in [3.8, 4) is 5.69 Å². The van der Waals surface area contributed by atoms with E-state index in [9.17, 15) is 18.8 Å². The van der Waals surface area contributed by atoms with E-state index >= 15 is 0 Å². The van der Waals surface area contributed by atoms with E-state index in [-0.39, 0.29) is 16.3 Å². The predicted molar refractivity (Wildman–Crippen MR) is 97.8 cm³/mol. The maximum Gasteiger partial charge on any atom is 0.339 e. The Morgan fingerprint density at radius 1 is 1.31 bits per heavy atom. The number of aromatic nitrogens is 2. The molecule has 2 aromatic rings. The van der Waals surface area contributed by atoms with E-state index in [0.717, 1.165) is 16.7 Å². The van der Waals surface area contributed by atoms with Crippen molar-refractivity contribution >= 4 is 29.3 Å². The van der Waals surface area contributed by atoms with Gasteiger partial charge >= 0.3 is 11.7 Å². The van der Waals surface area contributed by atoms with E-state index in [0.29, 0.717) is 22.8 Å². The largest absolute Gasteiger partial charge is 0.459 e. The minimum atomic E-state index is -0.874. The summed E-state index contributed by atoms with van der Waals surface area (Å²) in [5, 5.41) is -0.154. The van der Waals surface area contributed by atoms with Gasteiger partial charge in [-0.15, -0.1) is 0 Å². The highest BCUT2D eigenvalue weighted by Gasteiger charge is 2.25. The van der Waals surface area contributed by atoms with E-state index < -0.39 is 29.1 Å². The van der Waals surface area contributed by atoms with Gasteiger partial charge in [0, 0.05) is 29.8 Å². The van der Waals surface area contributed by atoms with Crippen molar-refractivity contribution in [2.45, 2.75) is 31.5 Å². The van der Waals surface area contributed by atoms with Crippen LogP contribution in [0, 0.1) is 5.82 Å². The molecule has 6 nitrogen and oxygen atoms in total. The average Bonchev–Trinajstić information content (AvgIpc) is 3.04. The SMILES string of the molecule is CC(C)OC(=O)c1cc(-n2c(=O)c3c(n(C)c2=O)CSC3)c(F)cc1Cl. The molecule has 1 aromatic carbocycles. The number of thioether (sulfide) groups is 1. The molecule has 0 bridgehead atoms. The third kappa shape index (κ3) is 3.07. The summed E-state index contributed by atoms with van der Waals surface area (Å²) in [5.74, 6) is -0.639. The van der Waals surface area contributed by atoms with Crippen molar-refractivity contribution in [2.75, 3.05) is 0 Å². The zero-order valence-electron chi connectivity index (χ0n) is 14.3. The number of ether oxygens (including phenoxy) is 1. The maximum atomic E-state index is 14.5. The summed E-state index contributed by atoms with van der Waals surface area (Å²) in [5.41, 5.74) is -0.609. The van der Waals surface area contributed by atoms with Crippen molar-refractivity contribution in [1.82, 2.24) is 9.13 Å². The Hall–Kier alpha value is -2.06. The highest BCUT2D eigenvalue weighted by atomic mass is 35.5. The lowest BCUT2D eigenvalue weighted by Gasteiger charge is -2.14. The Balaban J connectivity index is 2.26. The molecule has 1 aliphatic rings. The molecule has 0 unspecified atom stereocenters. The molecule has 0 aliphatic carbocycles. The minimum Gasteiger partial charge on any atom is -0.459 e. The molecule has 1 aliphatic heterocycles. The zero-order valence-corrected chi connectivity index (χ0v) is 15.9. The van der Waals surface area contributed by atoms with Crippen LogP contribution in [-0.2, 0) is 23.3 Å². The molecule has 1 aromatic heterocycles. The normalized spacial score (nSPS) is 13.2. The van der Waals surface area contributed by atoms with Gasteiger partial charge in [-0.25, -0.2) is 18.5 Å². The fourth-order valence-corrected chi connectivity index (χ4v) is 4.13. The first-order chi connectivity index (χ1) is 12.2. The Kier molecular flexibility index (Phi) is 4.98. The molecule has 26 heavy (non-hydrogen) atoms. The summed E-state index contributed by atoms with van der Waals surface area (Å²) in [4.78, 5) is 37.6. The van der Waals surface area contributed by atoms with Crippen LogP contribution in [-0.4, -0.2) is 21.2 Å². The van der Waals surface area contributed by atoms with Crippen molar-refractivity contribution in [2.24, 2.45) is 7.05 Å². The molecule has 0 amide bonds. The number of carbonyl (C=O) groups is 1. The molecule has 138 valence electrons.